The first-order chi connectivity index (χ1) is 14.5. The van der Waals surface area contributed by atoms with Crippen molar-refractivity contribution in [2.75, 3.05) is 7.05 Å². The van der Waals surface area contributed by atoms with E-state index in [0.717, 1.165) is 11.6 Å². The van der Waals surface area contributed by atoms with Crippen molar-refractivity contribution in [2.45, 2.75) is 6.92 Å². The summed E-state index contributed by atoms with van der Waals surface area (Å²) >= 11 is 0. The Balaban J connectivity index is 2.00. The van der Waals surface area contributed by atoms with Crippen molar-refractivity contribution in [3.05, 3.63) is 89.8 Å². The number of nitrogens with one attached hydrogen (secondary N) is 1. The summed E-state index contributed by atoms with van der Waals surface area (Å²) in [4.78, 5) is 16.1. The summed E-state index contributed by atoms with van der Waals surface area (Å²) < 4.78 is 36.0. The van der Waals surface area contributed by atoms with Crippen molar-refractivity contribution < 1.29 is 18.0 Å². The molecule has 150 valence electrons. The molecule has 1 heterocycles. The van der Waals surface area contributed by atoms with Gasteiger partial charge in [0.2, 0.25) is 5.89 Å². The number of carbonyl (C=O) groups is 1. The number of carbonyl (C=O) groups excluding carboxylic acids is 1. The van der Waals surface area contributed by atoms with E-state index in [1.807, 2.05) is 30.3 Å². The molecular weight excluding hydrogens is 386 g/mol. The third kappa shape index (κ3) is 3.37. The van der Waals surface area contributed by atoms with Crippen molar-refractivity contribution in [1.82, 2.24) is 10.3 Å². The Bertz CT molecular complexity index is 1220. The Morgan fingerprint density at radius 2 is 1.77 bits per heavy atom. The molecule has 3 aromatic carbocycles. The van der Waals surface area contributed by atoms with E-state index in [0.29, 0.717) is 22.6 Å². The Morgan fingerprint density at radius 1 is 1.00 bits per heavy atom. The normalized spacial score (nSPS) is 10.8. The molecule has 0 saturated heterocycles. The smallest absolute Gasteiger partial charge is 0.251 e. The van der Waals surface area contributed by atoms with E-state index in [4.69, 9.17) is 4.42 Å². The van der Waals surface area contributed by atoms with Crippen LogP contribution in [0.2, 0.25) is 0 Å². The van der Waals surface area contributed by atoms with Crippen LogP contribution in [0.5, 0.6) is 0 Å². The van der Waals surface area contributed by atoms with Gasteiger partial charge in [-0.05, 0) is 47.4 Å². The maximum absolute atomic E-state index is 15.4. The second kappa shape index (κ2) is 7.91. The molecule has 0 unspecified atom stereocenters. The fourth-order valence-electron chi connectivity index (χ4n) is 3.45. The number of nitrogens with zero attached hydrogens (tertiary/aromatic N) is 1. The molecule has 4 rings (SSSR count). The first-order valence-corrected chi connectivity index (χ1v) is 9.31. The predicted molar refractivity (Wildman–Crippen MR) is 111 cm³/mol. The van der Waals surface area contributed by atoms with Gasteiger partial charge in [-0.1, -0.05) is 36.4 Å². The molecule has 1 amide bonds. The third-order valence-electron chi connectivity index (χ3n) is 4.99. The Morgan fingerprint density at radius 3 is 2.43 bits per heavy atom. The molecule has 0 radical (unpaired) electrons. The van der Waals surface area contributed by atoms with Crippen LogP contribution in [0.4, 0.5) is 8.78 Å². The van der Waals surface area contributed by atoms with Gasteiger partial charge in [0.1, 0.15) is 17.9 Å². The lowest BCUT2D eigenvalue weighted by atomic mass is 9.90. The van der Waals surface area contributed by atoms with E-state index >= 15 is 8.78 Å². The van der Waals surface area contributed by atoms with Gasteiger partial charge in [-0.2, -0.15) is 0 Å². The van der Waals surface area contributed by atoms with E-state index in [1.165, 1.54) is 26.4 Å². The summed E-state index contributed by atoms with van der Waals surface area (Å²) in [5.74, 6) is -1.81. The van der Waals surface area contributed by atoms with Gasteiger partial charge in [0.25, 0.3) is 5.91 Å². The van der Waals surface area contributed by atoms with Gasteiger partial charge in [-0.25, -0.2) is 13.8 Å². The molecule has 4 nitrogen and oxygen atoms in total. The lowest BCUT2D eigenvalue weighted by Crippen LogP contribution is -2.20. The number of aromatic nitrogens is 1. The molecule has 1 aromatic heterocycles. The fraction of sp³-hybridized carbons (Fsp3) is 0.0833. The van der Waals surface area contributed by atoms with Gasteiger partial charge in [0.15, 0.2) is 0 Å². The van der Waals surface area contributed by atoms with Crippen LogP contribution in [0.3, 0.4) is 0 Å². The molecule has 0 fully saturated rings. The second-order valence-corrected chi connectivity index (χ2v) is 6.76. The predicted octanol–water partition coefficient (Wildman–Crippen LogP) is 5.62. The van der Waals surface area contributed by atoms with Crippen molar-refractivity contribution in [3.8, 4) is 33.7 Å². The van der Waals surface area contributed by atoms with Crippen LogP contribution in [-0.4, -0.2) is 17.9 Å². The van der Waals surface area contributed by atoms with Crippen LogP contribution in [0.1, 0.15) is 15.9 Å². The first-order valence-electron chi connectivity index (χ1n) is 9.31. The highest BCUT2D eigenvalue weighted by Gasteiger charge is 2.23. The average molecular weight is 404 g/mol. The molecule has 0 aliphatic carbocycles. The Hall–Kier alpha value is -3.80. The topological polar surface area (TPSA) is 55.1 Å². The standard InChI is InChI=1S/C24H18F2N2O2/c1-14-18(23(29)27-2)13-20(25)21(22(14)26)19-12-16(24-28-10-11-30-24)8-9-17(19)15-6-4-3-5-7-15/h3-13H,1-2H3,(H,27,29). The van der Waals surface area contributed by atoms with E-state index in [1.54, 1.807) is 18.2 Å². The number of hydrogen-bond donors (Lipinski definition) is 1. The molecule has 0 aliphatic rings. The lowest BCUT2D eigenvalue weighted by Gasteiger charge is -2.16. The van der Waals surface area contributed by atoms with Crippen molar-refractivity contribution in [2.24, 2.45) is 0 Å². The molecule has 0 saturated carbocycles. The zero-order valence-corrected chi connectivity index (χ0v) is 16.4. The molecule has 6 heteroatoms. The molecule has 0 spiro atoms. The fourth-order valence-corrected chi connectivity index (χ4v) is 3.45. The third-order valence-corrected chi connectivity index (χ3v) is 4.99. The number of rotatable bonds is 4. The summed E-state index contributed by atoms with van der Waals surface area (Å²) in [5, 5.41) is 2.41. The van der Waals surface area contributed by atoms with E-state index in [9.17, 15) is 4.79 Å². The highest BCUT2D eigenvalue weighted by Crippen LogP contribution is 2.39. The number of benzene rings is 3. The Kier molecular flexibility index (Phi) is 5.14. The van der Waals surface area contributed by atoms with Crippen LogP contribution < -0.4 is 5.32 Å². The van der Waals surface area contributed by atoms with Crippen LogP contribution in [0.25, 0.3) is 33.7 Å². The minimum atomic E-state index is -0.821. The zero-order valence-electron chi connectivity index (χ0n) is 16.4. The summed E-state index contributed by atoms with van der Waals surface area (Å²) in [6.45, 7) is 1.46. The van der Waals surface area contributed by atoms with E-state index < -0.39 is 17.5 Å². The molecular formula is C24H18F2N2O2. The highest BCUT2D eigenvalue weighted by atomic mass is 19.1. The molecule has 0 aliphatic heterocycles. The maximum Gasteiger partial charge on any atom is 0.251 e. The molecule has 4 aromatic rings. The summed E-state index contributed by atoms with van der Waals surface area (Å²) in [7, 11) is 1.42. The zero-order chi connectivity index (χ0) is 21.3. The number of hydrogen-bond acceptors (Lipinski definition) is 3. The molecule has 0 bridgehead atoms. The van der Waals surface area contributed by atoms with E-state index in [2.05, 4.69) is 10.3 Å². The first kappa shape index (κ1) is 19.5. The highest BCUT2D eigenvalue weighted by molar-refractivity contribution is 5.97. The minimum absolute atomic E-state index is 0.0404. The van der Waals surface area contributed by atoms with Crippen LogP contribution in [0, 0.1) is 18.6 Å². The van der Waals surface area contributed by atoms with Crippen molar-refractivity contribution in [3.63, 3.8) is 0 Å². The van der Waals surface area contributed by atoms with Gasteiger partial charge < -0.3 is 9.73 Å². The van der Waals surface area contributed by atoms with Crippen LogP contribution in [0.15, 0.2) is 71.5 Å². The van der Waals surface area contributed by atoms with E-state index in [-0.39, 0.29) is 16.7 Å². The average Bonchev–Trinajstić information content (AvgIpc) is 3.31. The monoisotopic (exact) mass is 404 g/mol. The largest absolute Gasteiger partial charge is 0.445 e. The lowest BCUT2D eigenvalue weighted by molar-refractivity contribution is 0.0961. The number of amides is 1. The van der Waals surface area contributed by atoms with Crippen LogP contribution >= 0.6 is 0 Å². The second-order valence-electron chi connectivity index (χ2n) is 6.76. The number of halogens is 2. The summed E-state index contributed by atoms with van der Waals surface area (Å²) in [5.41, 5.74) is 2.22. The molecule has 1 N–H and O–H groups in total. The van der Waals surface area contributed by atoms with Gasteiger partial charge in [-0.3, -0.25) is 4.79 Å². The molecule has 30 heavy (non-hydrogen) atoms. The van der Waals surface area contributed by atoms with Crippen molar-refractivity contribution >= 4 is 5.91 Å². The quantitative estimate of drug-likeness (QED) is 0.480. The van der Waals surface area contributed by atoms with Gasteiger partial charge in [0.05, 0.1) is 11.8 Å². The minimum Gasteiger partial charge on any atom is -0.445 e. The summed E-state index contributed by atoms with van der Waals surface area (Å²) in [6.07, 6.45) is 2.94. The molecule has 0 atom stereocenters. The maximum atomic E-state index is 15.4. The van der Waals surface area contributed by atoms with Gasteiger partial charge in [-0.15, -0.1) is 0 Å². The Labute approximate surface area is 172 Å². The SMILES string of the molecule is CNC(=O)c1cc(F)c(-c2cc(-c3ncco3)ccc2-c2ccccc2)c(F)c1C. The van der Waals surface area contributed by atoms with Crippen LogP contribution in [-0.2, 0) is 0 Å². The number of oxazole rings is 1. The van der Waals surface area contributed by atoms with Crippen molar-refractivity contribution in [1.29, 1.82) is 0 Å². The van der Waals surface area contributed by atoms with Gasteiger partial charge in [0, 0.05) is 18.2 Å². The van der Waals surface area contributed by atoms with Gasteiger partial charge >= 0.3 is 0 Å². The summed E-state index contributed by atoms with van der Waals surface area (Å²) in [6, 6.07) is 15.6.